The minimum absolute atomic E-state index is 0.138. The van der Waals surface area contributed by atoms with Crippen molar-refractivity contribution in [1.82, 2.24) is 4.98 Å². The molecule has 3 N–H and O–H groups in total. The van der Waals surface area contributed by atoms with E-state index in [0.717, 1.165) is 20.6 Å². The summed E-state index contributed by atoms with van der Waals surface area (Å²) in [5.74, 6) is 0. The first-order valence-corrected chi connectivity index (χ1v) is 6.47. The zero-order valence-electron chi connectivity index (χ0n) is 9.52. The average molecular weight is 339 g/mol. The molecule has 0 radical (unpaired) electrons. The molecule has 0 saturated carbocycles. The summed E-state index contributed by atoms with van der Waals surface area (Å²) in [6.07, 6.45) is 1.80. The molecule has 0 aliphatic carbocycles. The largest absolute Gasteiger partial charge is 0.397 e. The van der Waals surface area contributed by atoms with E-state index in [0.29, 0.717) is 0 Å². The number of pyridine rings is 1. The van der Waals surface area contributed by atoms with Crippen molar-refractivity contribution in [1.29, 1.82) is 0 Å². The van der Waals surface area contributed by atoms with Gasteiger partial charge in [0, 0.05) is 9.77 Å². The number of aromatic nitrogens is 1. The Morgan fingerprint density at radius 2 is 2.12 bits per heavy atom. The maximum absolute atomic E-state index is 5.96. The number of hydrogen-bond donors (Lipinski definition) is 2. The van der Waals surface area contributed by atoms with E-state index in [1.165, 1.54) is 0 Å². The first-order chi connectivity index (χ1) is 8.16. The van der Waals surface area contributed by atoms with Crippen LogP contribution in [0, 0.1) is 3.57 Å². The number of nitrogens with one attached hydrogen (secondary N) is 1. The molecule has 0 amide bonds. The molecule has 4 heteroatoms. The second kappa shape index (κ2) is 5.35. The normalized spacial score (nSPS) is 12.1. The van der Waals surface area contributed by atoms with Crippen LogP contribution in [0.15, 0.2) is 42.6 Å². The SMILES string of the molecule is CC(Nc1ccc(I)cc1N)c1ccccn1. The number of benzene rings is 1. The van der Waals surface area contributed by atoms with Crippen molar-refractivity contribution in [3.8, 4) is 0 Å². The Labute approximate surface area is 115 Å². The van der Waals surface area contributed by atoms with Gasteiger partial charge in [-0.25, -0.2) is 0 Å². The molecule has 0 saturated heterocycles. The van der Waals surface area contributed by atoms with E-state index in [9.17, 15) is 0 Å². The highest BCUT2D eigenvalue weighted by Crippen LogP contribution is 2.24. The molecule has 0 spiro atoms. The average Bonchev–Trinajstić information content (AvgIpc) is 2.34. The van der Waals surface area contributed by atoms with E-state index in [2.05, 4.69) is 39.8 Å². The van der Waals surface area contributed by atoms with Crippen molar-refractivity contribution in [2.75, 3.05) is 11.1 Å². The van der Waals surface area contributed by atoms with Crippen LogP contribution in [-0.2, 0) is 0 Å². The van der Waals surface area contributed by atoms with Crippen LogP contribution in [0.4, 0.5) is 11.4 Å². The Morgan fingerprint density at radius 3 is 2.76 bits per heavy atom. The maximum atomic E-state index is 5.96. The van der Waals surface area contributed by atoms with Crippen molar-refractivity contribution < 1.29 is 0 Å². The summed E-state index contributed by atoms with van der Waals surface area (Å²) in [5.41, 5.74) is 8.68. The lowest BCUT2D eigenvalue weighted by atomic mass is 10.2. The molecular weight excluding hydrogens is 325 g/mol. The van der Waals surface area contributed by atoms with Crippen LogP contribution in [0.3, 0.4) is 0 Å². The molecule has 0 fully saturated rings. The molecule has 1 aromatic heterocycles. The van der Waals surface area contributed by atoms with E-state index in [-0.39, 0.29) is 6.04 Å². The Balaban J connectivity index is 2.16. The van der Waals surface area contributed by atoms with Crippen LogP contribution in [0.25, 0.3) is 0 Å². The standard InChI is InChI=1S/C13H14IN3/c1-9(12-4-2-3-7-16-12)17-13-6-5-10(14)8-11(13)15/h2-9,17H,15H2,1H3. The molecule has 0 aliphatic heterocycles. The highest BCUT2D eigenvalue weighted by Gasteiger charge is 2.07. The van der Waals surface area contributed by atoms with Gasteiger partial charge in [0.15, 0.2) is 0 Å². The third kappa shape index (κ3) is 3.09. The molecule has 2 aromatic rings. The molecule has 0 aliphatic rings. The van der Waals surface area contributed by atoms with Crippen LogP contribution in [-0.4, -0.2) is 4.98 Å². The van der Waals surface area contributed by atoms with Crippen LogP contribution < -0.4 is 11.1 Å². The zero-order chi connectivity index (χ0) is 12.3. The maximum Gasteiger partial charge on any atom is 0.0657 e. The lowest BCUT2D eigenvalue weighted by Gasteiger charge is -2.16. The van der Waals surface area contributed by atoms with Crippen LogP contribution in [0.1, 0.15) is 18.7 Å². The van der Waals surface area contributed by atoms with Gasteiger partial charge in [-0.3, -0.25) is 4.98 Å². The number of anilines is 2. The fourth-order valence-corrected chi connectivity index (χ4v) is 2.12. The van der Waals surface area contributed by atoms with E-state index in [1.54, 1.807) is 6.20 Å². The highest BCUT2D eigenvalue weighted by atomic mass is 127. The first kappa shape index (κ1) is 12.2. The molecule has 2 rings (SSSR count). The van der Waals surface area contributed by atoms with Gasteiger partial charge in [-0.1, -0.05) is 6.07 Å². The third-order valence-corrected chi connectivity index (χ3v) is 3.19. The number of rotatable bonds is 3. The Bertz CT molecular complexity index is 499. The Kier molecular flexibility index (Phi) is 3.83. The zero-order valence-corrected chi connectivity index (χ0v) is 11.7. The smallest absolute Gasteiger partial charge is 0.0657 e. The molecule has 3 nitrogen and oxygen atoms in total. The summed E-state index contributed by atoms with van der Waals surface area (Å²) in [6.45, 7) is 2.07. The monoisotopic (exact) mass is 339 g/mol. The molecule has 17 heavy (non-hydrogen) atoms. The predicted octanol–water partition coefficient (Wildman–Crippen LogP) is 3.44. The van der Waals surface area contributed by atoms with Crippen molar-refractivity contribution in [3.05, 3.63) is 51.9 Å². The molecule has 0 bridgehead atoms. The van der Waals surface area contributed by atoms with Crippen LogP contribution in [0.2, 0.25) is 0 Å². The lowest BCUT2D eigenvalue weighted by Crippen LogP contribution is -2.09. The number of nitrogens with zero attached hydrogens (tertiary/aromatic N) is 1. The van der Waals surface area contributed by atoms with Gasteiger partial charge < -0.3 is 11.1 Å². The predicted molar refractivity (Wildman–Crippen MR) is 79.8 cm³/mol. The molecule has 1 unspecified atom stereocenters. The lowest BCUT2D eigenvalue weighted by molar-refractivity contribution is 0.840. The number of halogens is 1. The highest BCUT2D eigenvalue weighted by molar-refractivity contribution is 14.1. The number of nitrogen functional groups attached to an aromatic ring is 1. The van der Waals surface area contributed by atoms with Crippen LogP contribution in [0.5, 0.6) is 0 Å². The fourth-order valence-electron chi connectivity index (χ4n) is 1.60. The summed E-state index contributed by atoms with van der Waals surface area (Å²) >= 11 is 2.25. The van der Waals surface area contributed by atoms with E-state index >= 15 is 0 Å². The topological polar surface area (TPSA) is 50.9 Å². The molecule has 1 aromatic carbocycles. The Hall–Kier alpha value is -1.30. The molecule has 1 heterocycles. The van der Waals surface area contributed by atoms with Crippen molar-refractivity contribution in [3.63, 3.8) is 0 Å². The summed E-state index contributed by atoms with van der Waals surface area (Å²) in [6, 6.07) is 12.0. The van der Waals surface area contributed by atoms with Gasteiger partial charge in [0.1, 0.15) is 0 Å². The quantitative estimate of drug-likeness (QED) is 0.665. The molecule has 88 valence electrons. The van der Waals surface area contributed by atoms with Gasteiger partial charge in [-0.2, -0.15) is 0 Å². The fraction of sp³-hybridized carbons (Fsp3) is 0.154. The number of nitrogens with two attached hydrogens (primary N) is 1. The van der Waals surface area contributed by atoms with E-state index < -0.39 is 0 Å². The van der Waals surface area contributed by atoms with Gasteiger partial charge >= 0.3 is 0 Å². The summed E-state index contributed by atoms with van der Waals surface area (Å²) in [4.78, 5) is 4.32. The van der Waals surface area contributed by atoms with Gasteiger partial charge in [-0.15, -0.1) is 0 Å². The summed E-state index contributed by atoms with van der Waals surface area (Å²) in [7, 11) is 0. The number of hydrogen-bond acceptors (Lipinski definition) is 3. The van der Waals surface area contributed by atoms with E-state index in [4.69, 9.17) is 5.73 Å². The van der Waals surface area contributed by atoms with Gasteiger partial charge in [0.2, 0.25) is 0 Å². The second-order valence-electron chi connectivity index (χ2n) is 3.85. The van der Waals surface area contributed by atoms with Crippen molar-refractivity contribution in [2.24, 2.45) is 0 Å². The van der Waals surface area contributed by atoms with E-state index in [1.807, 2.05) is 36.4 Å². The summed E-state index contributed by atoms with van der Waals surface area (Å²) in [5, 5.41) is 3.36. The molecular formula is C13H14IN3. The van der Waals surface area contributed by atoms with Gasteiger partial charge in [0.25, 0.3) is 0 Å². The minimum atomic E-state index is 0.138. The third-order valence-electron chi connectivity index (χ3n) is 2.52. The summed E-state index contributed by atoms with van der Waals surface area (Å²) < 4.78 is 1.14. The second-order valence-corrected chi connectivity index (χ2v) is 5.10. The van der Waals surface area contributed by atoms with Crippen molar-refractivity contribution in [2.45, 2.75) is 13.0 Å². The first-order valence-electron chi connectivity index (χ1n) is 5.39. The van der Waals surface area contributed by atoms with Gasteiger partial charge in [0.05, 0.1) is 23.1 Å². The molecule has 1 atom stereocenters. The minimum Gasteiger partial charge on any atom is -0.397 e. The van der Waals surface area contributed by atoms with Gasteiger partial charge in [-0.05, 0) is 59.8 Å². The Morgan fingerprint density at radius 1 is 1.29 bits per heavy atom. The van der Waals surface area contributed by atoms with Crippen LogP contribution >= 0.6 is 22.6 Å². The van der Waals surface area contributed by atoms with Crippen molar-refractivity contribution >= 4 is 34.0 Å².